The predicted molar refractivity (Wildman–Crippen MR) is 215 cm³/mol. The van der Waals surface area contributed by atoms with Crippen molar-refractivity contribution in [2.75, 3.05) is 44.1 Å². The molecule has 0 saturated carbocycles. The molecule has 0 spiro atoms. The van der Waals surface area contributed by atoms with Crippen molar-refractivity contribution in [3.63, 3.8) is 0 Å². The van der Waals surface area contributed by atoms with Crippen LogP contribution in [0, 0.1) is 11.7 Å². The first-order valence-electron chi connectivity index (χ1n) is 19.5. The minimum atomic E-state index is -3.35. The van der Waals surface area contributed by atoms with E-state index < -0.39 is 36.1 Å². The van der Waals surface area contributed by atoms with Crippen molar-refractivity contribution in [3.05, 3.63) is 112 Å². The van der Waals surface area contributed by atoms with E-state index in [9.17, 15) is 19.2 Å². The molecule has 2 N–H and O–H groups in total. The Morgan fingerprint density at radius 3 is 2.42 bits per heavy atom. The lowest BCUT2D eigenvalue weighted by atomic mass is 9.84. The van der Waals surface area contributed by atoms with Gasteiger partial charge in [0.05, 0.1) is 31.8 Å². The Morgan fingerprint density at radius 2 is 1.73 bits per heavy atom. The molecule has 2 fully saturated rings. The van der Waals surface area contributed by atoms with Crippen molar-refractivity contribution in [2.45, 2.75) is 50.6 Å². The zero-order valence-corrected chi connectivity index (χ0v) is 32.8. The summed E-state index contributed by atoms with van der Waals surface area (Å²) in [6.07, 6.45) is 7.02. The van der Waals surface area contributed by atoms with Gasteiger partial charge in [-0.1, -0.05) is 18.2 Å². The molecule has 2 saturated heterocycles. The van der Waals surface area contributed by atoms with Crippen LogP contribution in [-0.4, -0.2) is 72.1 Å². The lowest BCUT2D eigenvalue weighted by Crippen LogP contribution is -2.47. The van der Waals surface area contributed by atoms with Gasteiger partial charge in [0, 0.05) is 68.5 Å². The quantitative estimate of drug-likeness (QED) is 0.168. The number of ether oxygens (including phenoxy) is 2. The Kier molecular flexibility index (Phi) is 10.5. The van der Waals surface area contributed by atoms with Crippen LogP contribution in [0.5, 0.6) is 11.5 Å². The number of amides is 3. The number of nitrogens with zero attached hydrogens (tertiary/aromatic N) is 4. The molecular formula is C44H43F3N6O6. The second-order valence-corrected chi connectivity index (χ2v) is 15.4. The van der Waals surface area contributed by atoms with Crippen LogP contribution in [0.4, 0.5) is 24.5 Å². The first-order chi connectivity index (χ1) is 28.3. The van der Waals surface area contributed by atoms with Crippen LogP contribution >= 0.6 is 0 Å². The molecular weight excluding hydrogens is 766 g/mol. The van der Waals surface area contributed by atoms with E-state index in [0.717, 1.165) is 4.90 Å². The van der Waals surface area contributed by atoms with E-state index in [2.05, 4.69) is 15.6 Å². The molecule has 3 aromatic carbocycles. The Balaban J connectivity index is 0.973. The zero-order chi connectivity index (χ0) is 41.6. The molecule has 306 valence electrons. The highest BCUT2D eigenvalue weighted by Crippen LogP contribution is 2.43. The Labute approximate surface area is 337 Å². The number of anilines is 2. The highest BCUT2D eigenvalue weighted by atomic mass is 19.3. The van der Waals surface area contributed by atoms with Gasteiger partial charge >= 0.3 is 0 Å². The molecule has 0 radical (unpaired) electrons. The van der Waals surface area contributed by atoms with Crippen molar-refractivity contribution < 1.29 is 37.0 Å². The van der Waals surface area contributed by atoms with Crippen molar-refractivity contribution in [1.29, 1.82) is 0 Å². The molecule has 1 atom stereocenters. The number of carbonyl (C=O) groups is 3. The number of fused-ring (bicyclic) bond motifs is 2. The fraction of sp³-hybridized carbons (Fsp3) is 0.341. The number of piperidine rings is 2. The molecule has 5 heterocycles. The van der Waals surface area contributed by atoms with Crippen LogP contribution in [-0.2, 0) is 35.5 Å². The molecule has 0 bridgehead atoms. The zero-order valence-electron chi connectivity index (χ0n) is 32.8. The SMILES string of the molecule is COc1cc(-c2cn(C)c(=O)c3cnccc23)cc(OC)c1C(=O)N1Cc2cccc(CC3CCN(c4ccc(NC5CCC(=O)NC5=O)cc4F)CC3)c2C(F)(F)C1. The minimum absolute atomic E-state index is 0.00774. The van der Waals surface area contributed by atoms with Gasteiger partial charge < -0.3 is 29.2 Å². The summed E-state index contributed by atoms with van der Waals surface area (Å²) in [5.41, 5.74) is 2.74. The number of hydrogen-bond donors (Lipinski definition) is 2. The number of pyridine rings is 2. The van der Waals surface area contributed by atoms with Gasteiger partial charge in [-0.15, -0.1) is 0 Å². The third kappa shape index (κ3) is 7.56. The molecule has 3 amide bonds. The van der Waals surface area contributed by atoms with Gasteiger partial charge in [-0.25, -0.2) is 4.39 Å². The third-order valence-electron chi connectivity index (χ3n) is 11.6. The van der Waals surface area contributed by atoms with Crippen LogP contribution in [0.2, 0.25) is 0 Å². The summed E-state index contributed by atoms with van der Waals surface area (Å²) in [5.74, 6) is -4.89. The molecule has 12 nitrogen and oxygen atoms in total. The number of aromatic nitrogens is 2. The second kappa shape index (κ2) is 15.8. The van der Waals surface area contributed by atoms with Crippen LogP contribution in [0.25, 0.3) is 21.9 Å². The summed E-state index contributed by atoms with van der Waals surface area (Å²) in [6.45, 7) is 0.186. The molecule has 2 aromatic heterocycles. The topological polar surface area (TPSA) is 135 Å². The molecule has 15 heteroatoms. The molecule has 59 heavy (non-hydrogen) atoms. The van der Waals surface area contributed by atoms with Crippen LogP contribution in [0.15, 0.2) is 78.0 Å². The first-order valence-corrected chi connectivity index (χ1v) is 19.5. The fourth-order valence-electron chi connectivity index (χ4n) is 8.70. The first kappa shape index (κ1) is 39.4. The highest BCUT2D eigenvalue weighted by Gasteiger charge is 2.45. The minimum Gasteiger partial charge on any atom is -0.496 e. The monoisotopic (exact) mass is 808 g/mol. The van der Waals surface area contributed by atoms with Crippen LogP contribution in [0.1, 0.15) is 52.7 Å². The highest BCUT2D eigenvalue weighted by molar-refractivity contribution is 6.03. The van der Waals surface area contributed by atoms with Gasteiger partial charge in [0.15, 0.2) is 0 Å². The number of alkyl halides is 2. The molecule has 0 aliphatic carbocycles. The van der Waals surface area contributed by atoms with Gasteiger partial charge in [-0.3, -0.25) is 29.5 Å². The summed E-state index contributed by atoms with van der Waals surface area (Å²) in [7, 11) is 4.42. The normalized spacial score (nSPS) is 18.0. The molecule has 8 rings (SSSR count). The average molecular weight is 809 g/mol. The number of imide groups is 1. The Morgan fingerprint density at radius 1 is 0.983 bits per heavy atom. The van der Waals surface area contributed by atoms with E-state index in [1.165, 1.54) is 31.0 Å². The van der Waals surface area contributed by atoms with Gasteiger partial charge in [-0.2, -0.15) is 8.78 Å². The number of benzene rings is 3. The number of methoxy groups -OCH3 is 2. The van der Waals surface area contributed by atoms with Gasteiger partial charge in [0.25, 0.3) is 17.4 Å². The van der Waals surface area contributed by atoms with Crippen molar-refractivity contribution >= 4 is 39.9 Å². The summed E-state index contributed by atoms with van der Waals surface area (Å²) >= 11 is 0. The lowest BCUT2D eigenvalue weighted by Gasteiger charge is -2.37. The van der Waals surface area contributed by atoms with Crippen molar-refractivity contribution in [2.24, 2.45) is 13.0 Å². The maximum absolute atomic E-state index is 16.4. The number of halogens is 3. The number of carbonyl (C=O) groups excluding carboxylic acids is 3. The van der Waals surface area contributed by atoms with E-state index in [-0.39, 0.29) is 53.0 Å². The molecule has 1 unspecified atom stereocenters. The van der Waals surface area contributed by atoms with E-state index in [4.69, 9.17) is 9.47 Å². The predicted octanol–water partition coefficient (Wildman–Crippen LogP) is 6.18. The van der Waals surface area contributed by atoms with Crippen molar-refractivity contribution in [1.82, 2.24) is 19.8 Å². The molecule has 3 aliphatic heterocycles. The summed E-state index contributed by atoms with van der Waals surface area (Å²) < 4.78 is 60.9. The van der Waals surface area contributed by atoms with E-state index in [1.54, 1.807) is 68.0 Å². The third-order valence-corrected chi connectivity index (χ3v) is 11.6. The van der Waals surface area contributed by atoms with E-state index in [1.807, 2.05) is 4.90 Å². The smallest absolute Gasteiger partial charge is 0.291 e. The van der Waals surface area contributed by atoms with E-state index in [0.29, 0.717) is 83.2 Å². The van der Waals surface area contributed by atoms with Gasteiger partial charge in [0.1, 0.15) is 28.9 Å². The molecule has 3 aliphatic rings. The number of hydrogen-bond acceptors (Lipinski definition) is 9. The van der Waals surface area contributed by atoms with E-state index >= 15 is 13.2 Å². The van der Waals surface area contributed by atoms with Crippen LogP contribution < -0.4 is 30.6 Å². The number of nitrogens with one attached hydrogen (secondary N) is 2. The number of rotatable bonds is 9. The standard InChI is InChI=1S/C44H43F3N6O6/c1-51-23-32(30-11-14-48-21-31(30)42(51)56)28-18-36(58-2)39(37(19-28)59-3)43(57)53-22-27-6-4-5-26(40(27)44(46,47)24-53)17-25-12-15-52(16-13-25)35-9-7-29(20-33(35)45)49-34-8-10-38(54)50-41(34)55/h4-7,9,11,14,18-21,23,25,34,49H,8,10,12-13,15-17,22,24H2,1-3H3,(H,50,54,55). The summed E-state index contributed by atoms with van der Waals surface area (Å²) in [5, 5.41) is 6.34. The average Bonchev–Trinajstić information content (AvgIpc) is 3.22. The van der Waals surface area contributed by atoms with Crippen LogP contribution in [0.3, 0.4) is 0 Å². The maximum Gasteiger partial charge on any atom is 0.291 e. The van der Waals surface area contributed by atoms with Gasteiger partial charge in [0.2, 0.25) is 11.8 Å². The summed E-state index contributed by atoms with van der Waals surface area (Å²) in [4.78, 5) is 57.8. The lowest BCUT2D eigenvalue weighted by molar-refractivity contribution is -0.133. The largest absolute Gasteiger partial charge is 0.496 e. The second-order valence-electron chi connectivity index (χ2n) is 15.4. The number of aryl methyl sites for hydroxylation is 1. The fourth-order valence-corrected chi connectivity index (χ4v) is 8.70. The maximum atomic E-state index is 16.4. The van der Waals surface area contributed by atoms with Gasteiger partial charge in [-0.05, 0) is 90.1 Å². The Hall–Kier alpha value is -6.38. The Bertz CT molecular complexity index is 2530. The molecule has 5 aromatic rings. The summed E-state index contributed by atoms with van der Waals surface area (Å²) in [6, 6.07) is 14.2. The van der Waals surface area contributed by atoms with Crippen molar-refractivity contribution in [3.8, 4) is 22.6 Å².